The Morgan fingerprint density at radius 2 is 2.19 bits per heavy atom. The first-order chi connectivity index (χ1) is 12.2. The summed E-state index contributed by atoms with van der Waals surface area (Å²) < 4.78 is 4.20. The van der Waals surface area contributed by atoms with Gasteiger partial charge in [-0.25, -0.2) is 14.6 Å². The molecule has 0 radical (unpaired) electrons. The minimum atomic E-state index is 0. The van der Waals surface area contributed by atoms with Gasteiger partial charge in [-0.2, -0.15) is 5.10 Å². The molecule has 0 fully saturated rings. The van der Waals surface area contributed by atoms with E-state index in [1.807, 2.05) is 38.0 Å². The molecule has 2 N–H and O–H groups in total. The number of nitrogens with zero attached hydrogens (tertiary/aromatic N) is 6. The molecule has 0 amide bonds. The molecule has 9 heteroatoms. The van der Waals surface area contributed by atoms with E-state index in [9.17, 15) is 0 Å². The second-order valence-electron chi connectivity index (χ2n) is 6.45. The summed E-state index contributed by atoms with van der Waals surface area (Å²) in [5.41, 5.74) is 0. The lowest BCUT2D eigenvalue weighted by Crippen LogP contribution is -2.41. The smallest absolute Gasteiger partial charge is 0.191 e. The highest BCUT2D eigenvalue weighted by Crippen LogP contribution is 2.22. The fourth-order valence-corrected chi connectivity index (χ4v) is 3.22. The molecule has 0 spiro atoms. The minimum absolute atomic E-state index is 0. The van der Waals surface area contributed by atoms with Crippen LogP contribution in [-0.2, 0) is 13.1 Å². The Morgan fingerprint density at radius 1 is 1.35 bits per heavy atom. The molecule has 0 aliphatic carbocycles. The minimum Gasteiger partial charge on any atom is -0.356 e. The molecule has 1 aliphatic rings. The average Bonchev–Trinajstić information content (AvgIpc) is 3.18. The molecule has 144 valence electrons. The normalized spacial score (nSPS) is 16.7. The van der Waals surface area contributed by atoms with Crippen molar-refractivity contribution in [2.45, 2.75) is 58.7 Å². The number of aryl methyl sites for hydroxylation is 4. The van der Waals surface area contributed by atoms with Crippen molar-refractivity contribution in [3.63, 3.8) is 0 Å². The maximum Gasteiger partial charge on any atom is 0.191 e. The Kier molecular flexibility index (Phi) is 7.85. The van der Waals surface area contributed by atoms with Crippen LogP contribution in [0.1, 0.15) is 49.2 Å². The largest absolute Gasteiger partial charge is 0.356 e. The number of halogens is 1. The first-order valence-corrected chi connectivity index (χ1v) is 9.03. The summed E-state index contributed by atoms with van der Waals surface area (Å²) in [5, 5.41) is 11.3. The van der Waals surface area contributed by atoms with Crippen LogP contribution in [0.15, 0.2) is 17.4 Å². The molecule has 0 aromatic carbocycles. The van der Waals surface area contributed by atoms with Crippen LogP contribution in [0.3, 0.4) is 0 Å². The van der Waals surface area contributed by atoms with E-state index >= 15 is 0 Å². The van der Waals surface area contributed by atoms with E-state index in [1.165, 1.54) is 0 Å². The van der Waals surface area contributed by atoms with Crippen LogP contribution in [0.5, 0.6) is 0 Å². The zero-order chi connectivity index (χ0) is 17.6. The monoisotopic (exact) mass is 472 g/mol. The van der Waals surface area contributed by atoms with Crippen LogP contribution in [0.25, 0.3) is 0 Å². The highest BCUT2D eigenvalue weighted by molar-refractivity contribution is 14.0. The SMILES string of the molecule is CN=C(NCCCCn1ccnc1C)NC1CCCn2nc(C)nc21.I. The highest BCUT2D eigenvalue weighted by Gasteiger charge is 2.24. The summed E-state index contributed by atoms with van der Waals surface area (Å²) in [6, 6.07) is 0.176. The quantitative estimate of drug-likeness (QED) is 0.292. The fourth-order valence-electron chi connectivity index (χ4n) is 3.22. The Morgan fingerprint density at radius 3 is 2.92 bits per heavy atom. The van der Waals surface area contributed by atoms with E-state index in [-0.39, 0.29) is 30.0 Å². The third-order valence-corrected chi connectivity index (χ3v) is 4.56. The van der Waals surface area contributed by atoms with Crippen molar-refractivity contribution in [2.75, 3.05) is 13.6 Å². The van der Waals surface area contributed by atoms with Gasteiger partial charge in [0.2, 0.25) is 0 Å². The average molecular weight is 472 g/mol. The number of imidazole rings is 1. The number of fused-ring (bicyclic) bond motifs is 1. The second-order valence-corrected chi connectivity index (χ2v) is 6.45. The molecule has 1 aliphatic heterocycles. The van der Waals surface area contributed by atoms with Crippen molar-refractivity contribution < 1.29 is 0 Å². The summed E-state index contributed by atoms with van der Waals surface area (Å²) >= 11 is 0. The highest BCUT2D eigenvalue weighted by atomic mass is 127. The molecular formula is C17H29IN8. The van der Waals surface area contributed by atoms with Gasteiger partial charge in [-0.15, -0.1) is 24.0 Å². The number of nitrogens with one attached hydrogen (secondary N) is 2. The molecular weight excluding hydrogens is 443 g/mol. The van der Waals surface area contributed by atoms with Crippen LogP contribution >= 0.6 is 24.0 Å². The van der Waals surface area contributed by atoms with Crippen LogP contribution in [0.4, 0.5) is 0 Å². The number of aliphatic imine (C=N–C) groups is 1. The van der Waals surface area contributed by atoms with Crippen molar-refractivity contribution >= 4 is 29.9 Å². The van der Waals surface area contributed by atoms with Gasteiger partial charge in [-0.1, -0.05) is 0 Å². The molecule has 3 rings (SSSR count). The molecule has 1 atom stereocenters. The summed E-state index contributed by atoms with van der Waals surface area (Å²) in [6.45, 7) is 6.83. The summed E-state index contributed by atoms with van der Waals surface area (Å²) in [4.78, 5) is 13.2. The van der Waals surface area contributed by atoms with Crippen LogP contribution in [0.2, 0.25) is 0 Å². The maximum absolute atomic E-state index is 4.56. The van der Waals surface area contributed by atoms with Gasteiger partial charge >= 0.3 is 0 Å². The molecule has 8 nitrogen and oxygen atoms in total. The lowest BCUT2D eigenvalue weighted by atomic mass is 10.1. The Hall–Kier alpha value is -1.65. The number of rotatable bonds is 6. The number of unbranched alkanes of at least 4 members (excludes halogenated alkanes) is 1. The van der Waals surface area contributed by atoms with Gasteiger partial charge in [0.25, 0.3) is 0 Å². The van der Waals surface area contributed by atoms with E-state index in [0.717, 1.165) is 68.8 Å². The van der Waals surface area contributed by atoms with Gasteiger partial charge in [0.1, 0.15) is 17.5 Å². The Bertz CT molecular complexity index is 720. The molecule has 2 aromatic rings. The topological polar surface area (TPSA) is 85.0 Å². The van der Waals surface area contributed by atoms with Crippen molar-refractivity contribution in [3.8, 4) is 0 Å². The zero-order valence-electron chi connectivity index (χ0n) is 15.8. The molecule has 1 unspecified atom stereocenters. The number of hydrogen-bond acceptors (Lipinski definition) is 4. The van der Waals surface area contributed by atoms with Crippen molar-refractivity contribution in [3.05, 3.63) is 29.9 Å². The van der Waals surface area contributed by atoms with Gasteiger partial charge in [0.15, 0.2) is 5.96 Å². The van der Waals surface area contributed by atoms with Crippen molar-refractivity contribution in [2.24, 2.45) is 4.99 Å². The lowest BCUT2D eigenvalue weighted by Gasteiger charge is -2.25. The first-order valence-electron chi connectivity index (χ1n) is 9.03. The van der Waals surface area contributed by atoms with Crippen molar-refractivity contribution in [1.29, 1.82) is 0 Å². The number of aromatic nitrogens is 5. The predicted octanol–water partition coefficient (Wildman–Crippen LogP) is 2.19. The predicted molar refractivity (Wildman–Crippen MR) is 113 cm³/mol. The maximum atomic E-state index is 4.56. The van der Waals surface area contributed by atoms with Crippen molar-refractivity contribution in [1.82, 2.24) is 34.9 Å². The van der Waals surface area contributed by atoms with Crippen LogP contribution in [-0.4, -0.2) is 43.9 Å². The molecule has 2 aromatic heterocycles. The first kappa shape index (κ1) is 20.7. The number of guanidine groups is 1. The number of hydrogen-bond donors (Lipinski definition) is 2. The third-order valence-electron chi connectivity index (χ3n) is 4.56. The summed E-state index contributed by atoms with van der Waals surface area (Å²) in [6.07, 6.45) is 8.23. The van der Waals surface area contributed by atoms with E-state index in [1.54, 1.807) is 0 Å². The fraction of sp³-hybridized carbons (Fsp3) is 0.647. The summed E-state index contributed by atoms with van der Waals surface area (Å²) in [5.74, 6) is 3.75. The lowest BCUT2D eigenvalue weighted by molar-refractivity contribution is 0.397. The van der Waals surface area contributed by atoms with E-state index in [0.29, 0.717) is 0 Å². The molecule has 26 heavy (non-hydrogen) atoms. The van der Waals surface area contributed by atoms with Gasteiger partial charge in [0.05, 0.1) is 6.04 Å². The third kappa shape index (κ3) is 5.18. The Balaban J connectivity index is 0.00000243. The Labute approximate surface area is 171 Å². The van der Waals surface area contributed by atoms with Gasteiger partial charge in [-0.3, -0.25) is 4.99 Å². The second kappa shape index (κ2) is 9.89. The molecule has 0 saturated carbocycles. The summed E-state index contributed by atoms with van der Waals surface area (Å²) in [7, 11) is 1.81. The van der Waals surface area contributed by atoms with Gasteiger partial charge in [-0.05, 0) is 39.5 Å². The zero-order valence-corrected chi connectivity index (χ0v) is 18.1. The molecule has 3 heterocycles. The van der Waals surface area contributed by atoms with E-state index in [4.69, 9.17) is 0 Å². The van der Waals surface area contributed by atoms with E-state index in [2.05, 4.69) is 35.3 Å². The van der Waals surface area contributed by atoms with Gasteiger partial charge in [0, 0.05) is 39.1 Å². The van der Waals surface area contributed by atoms with Crippen LogP contribution in [0, 0.1) is 13.8 Å². The van der Waals surface area contributed by atoms with E-state index < -0.39 is 0 Å². The van der Waals surface area contributed by atoms with Gasteiger partial charge < -0.3 is 15.2 Å². The standard InChI is InChI=1S/C17H28N8.HI/c1-13-21-16-15(7-6-11-25(16)23-13)22-17(18-3)20-8-4-5-10-24-12-9-19-14(24)2;/h9,12,15H,4-8,10-11H2,1-3H3,(H2,18,20,22);1H. The molecule has 0 saturated heterocycles. The van der Waals surface area contributed by atoms with Crippen LogP contribution < -0.4 is 10.6 Å². The molecule has 0 bridgehead atoms.